The molecule has 0 aliphatic carbocycles. The SMILES string of the molecule is CCOC(=O)c1cnc(N2CCN(c3nnc(Cc4ccccc4)c(C)c3C)C[C@H]2C)nc1C(F)(F)F. The molecule has 8 nitrogen and oxygen atoms in total. The fourth-order valence-electron chi connectivity index (χ4n) is 4.43. The number of nitrogens with zero attached hydrogens (tertiary/aromatic N) is 6. The first-order chi connectivity index (χ1) is 17.6. The summed E-state index contributed by atoms with van der Waals surface area (Å²) in [6, 6.07) is 9.85. The van der Waals surface area contributed by atoms with Gasteiger partial charge < -0.3 is 14.5 Å². The lowest BCUT2D eigenvalue weighted by Gasteiger charge is -2.41. The zero-order valence-electron chi connectivity index (χ0n) is 21.2. The molecule has 1 aliphatic rings. The Balaban J connectivity index is 1.53. The van der Waals surface area contributed by atoms with Crippen molar-refractivity contribution in [2.75, 3.05) is 36.0 Å². The topological polar surface area (TPSA) is 84.3 Å². The first-order valence-electron chi connectivity index (χ1n) is 12.1. The van der Waals surface area contributed by atoms with Gasteiger partial charge in [-0.25, -0.2) is 14.8 Å². The minimum Gasteiger partial charge on any atom is -0.462 e. The molecular weight excluding hydrogens is 485 g/mol. The fourth-order valence-corrected chi connectivity index (χ4v) is 4.43. The Morgan fingerprint density at radius 2 is 1.84 bits per heavy atom. The van der Waals surface area contributed by atoms with Gasteiger partial charge in [-0.2, -0.15) is 18.3 Å². The van der Waals surface area contributed by atoms with Gasteiger partial charge in [-0.05, 0) is 44.4 Å². The molecule has 3 aromatic rings. The molecule has 0 unspecified atom stereocenters. The minimum atomic E-state index is -4.82. The number of carbonyl (C=O) groups is 1. The van der Waals surface area contributed by atoms with E-state index < -0.39 is 23.4 Å². The number of aromatic nitrogens is 4. The summed E-state index contributed by atoms with van der Waals surface area (Å²) < 4.78 is 45.8. The second-order valence-electron chi connectivity index (χ2n) is 9.02. The standard InChI is InChI=1S/C26H29F3N6O2/c1-5-37-24(36)20-14-30-25(31-22(20)26(27,28)29)35-12-11-34(15-16(35)2)23-18(4)17(3)21(32-33-23)13-19-9-7-6-8-10-19/h6-10,14,16H,5,11-13,15H2,1-4H3/t16-/m1/s1. The van der Waals surface area contributed by atoms with Crippen molar-refractivity contribution in [3.8, 4) is 0 Å². The van der Waals surface area contributed by atoms with E-state index >= 15 is 0 Å². The zero-order chi connectivity index (χ0) is 26.7. The van der Waals surface area contributed by atoms with Crippen molar-refractivity contribution in [3.05, 3.63) is 70.2 Å². The van der Waals surface area contributed by atoms with Crippen LogP contribution in [-0.2, 0) is 17.3 Å². The Bertz CT molecular complexity index is 1270. The van der Waals surface area contributed by atoms with E-state index in [-0.39, 0.29) is 18.6 Å². The second-order valence-corrected chi connectivity index (χ2v) is 9.02. The fraction of sp³-hybridized carbons (Fsp3) is 0.423. The number of alkyl halides is 3. The van der Waals surface area contributed by atoms with Crippen LogP contribution in [0.5, 0.6) is 0 Å². The summed E-state index contributed by atoms with van der Waals surface area (Å²) in [6.07, 6.45) is -3.24. The number of halogens is 3. The molecule has 0 amide bonds. The molecule has 0 N–H and O–H groups in total. The lowest BCUT2D eigenvalue weighted by atomic mass is 10.0. The molecule has 4 rings (SSSR count). The molecule has 1 atom stereocenters. The van der Waals surface area contributed by atoms with Crippen LogP contribution in [0.15, 0.2) is 36.5 Å². The highest BCUT2D eigenvalue weighted by Crippen LogP contribution is 2.33. The van der Waals surface area contributed by atoms with E-state index in [0.29, 0.717) is 26.1 Å². The summed E-state index contributed by atoms with van der Waals surface area (Å²) in [5.74, 6) is -0.417. The lowest BCUT2D eigenvalue weighted by molar-refractivity contribution is -0.141. The minimum absolute atomic E-state index is 0.0497. The molecule has 0 bridgehead atoms. The molecule has 0 spiro atoms. The van der Waals surface area contributed by atoms with Crippen LogP contribution >= 0.6 is 0 Å². The van der Waals surface area contributed by atoms with Crippen molar-refractivity contribution in [2.45, 2.75) is 46.3 Å². The summed E-state index contributed by atoms with van der Waals surface area (Å²) in [7, 11) is 0. The average Bonchev–Trinajstić information content (AvgIpc) is 2.87. The molecule has 37 heavy (non-hydrogen) atoms. The Labute approximate surface area is 213 Å². The maximum Gasteiger partial charge on any atom is 0.434 e. The van der Waals surface area contributed by atoms with Crippen LogP contribution in [0, 0.1) is 13.8 Å². The van der Waals surface area contributed by atoms with Gasteiger partial charge in [0.15, 0.2) is 11.5 Å². The molecule has 2 aromatic heterocycles. The van der Waals surface area contributed by atoms with Gasteiger partial charge in [0, 0.05) is 38.3 Å². The van der Waals surface area contributed by atoms with Gasteiger partial charge in [-0.15, -0.1) is 5.10 Å². The summed E-state index contributed by atoms with van der Waals surface area (Å²) >= 11 is 0. The first-order valence-corrected chi connectivity index (χ1v) is 12.1. The second kappa shape index (κ2) is 10.7. The van der Waals surface area contributed by atoms with Crippen LogP contribution < -0.4 is 9.80 Å². The maximum absolute atomic E-state index is 13.7. The van der Waals surface area contributed by atoms with Crippen LogP contribution in [0.2, 0.25) is 0 Å². The normalized spacial score (nSPS) is 16.1. The first kappa shape index (κ1) is 26.3. The van der Waals surface area contributed by atoms with Gasteiger partial charge in [0.1, 0.15) is 5.56 Å². The number of esters is 1. The van der Waals surface area contributed by atoms with E-state index in [1.165, 1.54) is 6.92 Å². The average molecular weight is 515 g/mol. The number of hydrogen-bond donors (Lipinski definition) is 0. The van der Waals surface area contributed by atoms with Crippen molar-refractivity contribution in [2.24, 2.45) is 0 Å². The van der Waals surface area contributed by atoms with Gasteiger partial charge in [0.05, 0.1) is 12.3 Å². The van der Waals surface area contributed by atoms with E-state index in [1.54, 1.807) is 4.90 Å². The van der Waals surface area contributed by atoms with Crippen molar-refractivity contribution in [1.82, 2.24) is 20.2 Å². The Kier molecular flexibility index (Phi) is 7.60. The number of piperazine rings is 1. The van der Waals surface area contributed by atoms with Gasteiger partial charge >= 0.3 is 12.1 Å². The van der Waals surface area contributed by atoms with Crippen LogP contribution in [0.25, 0.3) is 0 Å². The third-order valence-electron chi connectivity index (χ3n) is 6.53. The summed E-state index contributed by atoms with van der Waals surface area (Å²) in [6.45, 7) is 8.78. The maximum atomic E-state index is 13.7. The van der Waals surface area contributed by atoms with Crippen molar-refractivity contribution < 1.29 is 22.7 Å². The number of hydrogen-bond acceptors (Lipinski definition) is 8. The van der Waals surface area contributed by atoms with E-state index in [2.05, 4.69) is 37.2 Å². The molecule has 3 heterocycles. The highest BCUT2D eigenvalue weighted by molar-refractivity contribution is 5.90. The predicted octanol–water partition coefficient (Wildman–Crippen LogP) is 4.38. The van der Waals surface area contributed by atoms with Crippen molar-refractivity contribution in [3.63, 3.8) is 0 Å². The number of rotatable bonds is 6. The number of carbonyl (C=O) groups excluding carboxylic acids is 1. The molecular formula is C26H29F3N6O2. The van der Waals surface area contributed by atoms with Crippen LogP contribution in [-0.4, -0.2) is 58.4 Å². The highest BCUT2D eigenvalue weighted by atomic mass is 19.4. The highest BCUT2D eigenvalue weighted by Gasteiger charge is 2.39. The van der Waals surface area contributed by atoms with Crippen molar-refractivity contribution in [1.29, 1.82) is 0 Å². The van der Waals surface area contributed by atoms with Gasteiger partial charge in [0.25, 0.3) is 0 Å². The monoisotopic (exact) mass is 514 g/mol. The number of ether oxygens (including phenoxy) is 1. The van der Waals surface area contributed by atoms with E-state index in [1.807, 2.05) is 39.0 Å². The van der Waals surface area contributed by atoms with Gasteiger partial charge in [0.2, 0.25) is 5.95 Å². The van der Waals surface area contributed by atoms with Crippen molar-refractivity contribution >= 4 is 17.7 Å². The van der Waals surface area contributed by atoms with Crippen LogP contribution in [0.4, 0.5) is 24.9 Å². The molecule has 1 aromatic carbocycles. The lowest BCUT2D eigenvalue weighted by Crippen LogP contribution is -2.53. The molecule has 196 valence electrons. The summed E-state index contributed by atoms with van der Waals surface area (Å²) in [4.78, 5) is 23.6. The predicted molar refractivity (Wildman–Crippen MR) is 133 cm³/mol. The quantitative estimate of drug-likeness (QED) is 0.448. The molecule has 1 saturated heterocycles. The Morgan fingerprint density at radius 1 is 1.11 bits per heavy atom. The molecule has 11 heteroatoms. The van der Waals surface area contributed by atoms with Gasteiger partial charge in [-0.3, -0.25) is 0 Å². The number of benzene rings is 1. The molecule has 1 fully saturated rings. The number of anilines is 2. The Morgan fingerprint density at radius 3 is 2.49 bits per heavy atom. The van der Waals surface area contributed by atoms with E-state index in [9.17, 15) is 18.0 Å². The van der Waals surface area contributed by atoms with Gasteiger partial charge in [-0.1, -0.05) is 30.3 Å². The summed E-state index contributed by atoms with van der Waals surface area (Å²) in [5.41, 5.74) is 2.17. The molecule has 0 saturated carbocycles. The summed E-state index contributed by atoms with van der Waals surface area (Å²) in [5, 5.41) is 9.00. The Hall–Kier alpha value is -3.76. The third-order valence-corrected chi connectivity index (χ3v) is 6.53. The van der Waals surface area contributed by atoms with E-state index in [4.69, 9.17) is 4.74 Å². The third kappa shape index (κ3) is 5.65. The van der Waals surface area contributed by atoms with Crippen LogP contribution in [0.1, 0.15) is 52.3 Å². The van der Waals surface area contributed by atoms with Crippen LogP contribution in [0.3, 0.4) is 0 Å². The molecule has 0 radical (unpaired) electrons. The molecule has 1 aliphatic heterocycles. The smallest absolute Gasteiger partial charge is 0.434 e. The van der Waals surface area contributed by atoms with E-state index in [0.717, 1.165) is 34.4 Å². The zero-order valence-corrected chi connectivity index (χ0v) is 21.2. The largest absolute Gasteiger partial charge is 0.462 e.